The van der Waals surface area contributed by atoms with E-state index in [2.05, 4.69) is 14.9 Å². The molecule has 1 amide bonds. The number of carbonyl (C=O) groups is 1. The normalized spacial score (nSPS) is 23.3. The van der Waals surface area contributed by atoms with Crippen molar-refractivity contribution in [1.29, 1.82) is 0 Å². The maximum absolute atomic E-state index is 12.6. The van der Waals surface area contributed by atoms with Gasteiger partial charge in [-0.1, -0.05) is 12.8 Å². The fourth-order valence-corrected chi connectivity index (χ4v) is 5.19. The van der Waals surface area contributed by atoms with E-state index in [4.69, 9.17) is 0 Å². The highest BCUT2D eigenvalue weighted by Gasteiger charge is 2.34. The van der Waals surface area contributed by atoms with E-state index in [0.717, 1.165) is 37.8 Å². The molecule has 1 aliphatic heterocycles. The number of likely N-dealkylation sites (tertiary alicyclic amines) is 1. The van der Waals surface area contributed by atoms with Crippen molar-refractivity contribution in [3.05, 3.63) is 18.0 Å². The summed E-state index contributed by atoms with van der Waals surface area (Å²) in [4.78, 5) is 14.0. The summed E-state index contributed by atoms with van der Waals surface area (Å²) in [6.07, 6.45) is 7.23. The van der Waals surface area contributed by atoms with Crippen LogP contribution in [-0.4, -0.2) is 53.8 Å². The molecule has 8 heteroatoms. The molecule has 128 valence electrons. The molecule has 7 nitrogen and oxygen atoms in total. The molecule has 0 radical (unpaired) electrons. The number of aromatic amines is 1. The van der Waals surface area contributed by atoms with Gasteiger partial charge >= 0.3 is 0 Å². The van der Waals surface area contributed by atoms with Crippen LogP contribution < -0.4 is 4.72 Å². The Morgan fingerprint density at radius 1 is 1.30 bits per heavy atom. The second kappa shape index (κ2) is 7.00. The Balaban J connectivity index is 1.59. The molecule has 2 fully saturated rings. The number of H-pyrrole nitrogens is 1. The third kappa shape index (κ3) is 4.11. The predicted molar refractivity (Wildman–Crippen MR) is 86.2 cm³/mol. The molecule has 3 rings (SSSR count). The minimum Gasteiger partial charge on any atom is -0.341 e. The Hall–Kier alpha value is -1.41. The molecule has 1 saturated heterocycles. The molecular formula is C15H24N4O3S. The van der Waals surface area contributed by atoms with Crippen LogP contribution in [-0.2, 0) is 21.2 Å². The second-order valence-electron chi connectivity index (χ2n) is 6.51. The first-order valence-electron chi connectivity index (χ1n) is 8.32. The smallest absolute Gasteiger partial charge is 0.228 e. The fourth-order valence-electron chi connectivity index (χ4n) is 3.45. The minimum atomic E-state index is -3.36. The first-order chi connectivity index (χ1) is 11.0. The number of rotatable bonds is 5. The van der Waals surface area contributed by atoms with Gasteiger partial charge in [-0.25, -0.2) is 13.1 Å². The predicted octanol–water partition coefficient (Wildman–Crippen LogP) is 0.805. The van der Waals surface area contributed by atoms with Crippen molar-refractivity contribution < 1.29 is 13.2 Å². The Bertz CT molecular complexity index is 623. The van der Waals surface area contributed by atoms with E-state index in [-0.39, 0.29) is 24.9 Å². The zero-order valence-corrected chi connectivity index (χ0v) is 14.0. The molecule has 0 aromatic carbocycles. The van der Waals surface area contributed by atoms with Gasteiger partial charge < -0.3 is 4.90 Å². The molecule has 1 saturated carbocycles. The Kier molecular flexibility index (Phi) is 5.01. The molecule has 2 heterocycles. The van der Waals surface area contributed by atoms with Gasteiger partial charge in [0.25, 0.3) is 0 Å². The van der Waals surface area contributed by atoms with E-state index in [1.54, 1.807) is 17.2 Å². The first kappa shape index (κ1) is 16.4. The summed E-state index contributed by atoms with van der Waals surface area (Å²) in [5.74, 6) is -0.0463. The molecule has 2 N–H and O–H groups in total. The second-order valence-corrected chi connectivity index (χ2v) is 8.50. The topological polar surface area (TPSA) is 95.2 Å². The average Bonchev–Trinajstić information content (AvgIpc) is 3.21. The van der Waals surface area contributed by atoms with Crippen molar-refractivity contribution in [2.45, 2.75) is 56.2 Å². The lowest BCUT2D eigenvalue weighted by Gasteiger charge is -2.33. The molecule has 1 aliphatic carbocycles. The number of nitrogens with one attached hydrogen (secondary N) is 2. The number of hydrogen-bond donors (Lipinski definition) is 2. The minimum absolute atomic E-state index is 0.0463. The number of hydrogen-bond acceptors (Lipinski definition) is 4. The van der Waals surface area contributed by atoms with Gasteiger partial charge in [-0.15, -0.1) is 0 Å². The Morgan fingerprint density at radius 3 is 2.78 bits per heavy atom. The lowest BCUT2D eigenvalue weighted by atomic mass is 10.1. The van der Waals surface area contributed by atoms with Gasteiger partial charge in [-0.2, -0.15) is 5.10 Å². The summed E-state index contributed by atoms with van der Waals surface area (Å²) in [5.41, 5.74) is 0.754. The van der Waals surface area contributed by atoms with Crippen molar-refractivity contribution in [1.82, 2.24) is 19.8 Å². The highest BCUT2D eigenvalue weighted by molar-refractivity contribution is 7.90. The van der Waals surface area contributed by atoms with Crippen LogP contribution in [0.5, 0.6) is 0 Å². The molecule has 0 unspecified atom stereocenters. The van der Waals surface area contributed by atoms with Crippen molar-refractivity contribution in [2.24, 2.45) is 0 Å². The van der Waals surface area contributed by atoms with Crippen LogP contribution in [0.1, 0.15) is 44.2 Å². The van der Waals surface area contributed by atoms with Crippen LogP contribution >= 0.6 is 0 Å². The third-order valence-corrected chi connectivity index (χ3v) is 6.68. The molecule has 1 aromatic heterocycles. The number of aromatic nitrogens is 2. The summed E-state index contributed by atoms with van der Waals surface area (Å²) in [7, 11) is -3.36. The highest BCUT2D eigenvalue weighted by atomic mass is 32.2. The van der Waals surface area contributed by atoms with E-state index < -0.39 is 15.3 Å². The largest absolute Gasteiger partial charge is 0.341 e. The maximum Gasteiger partial charge on any atom is 0.228 e. The molecular weight excluding hydrogens is 316 g/mol. The first-order valence-corrected chi connectivity index (χ1v) is 9.86. The number of amides is 1. The van der Waals surface area contributed by atoms with Gasteiger partial charge in [0.2, 0.25) is 15.9 Å². The van der Waals surface area contributed by atoms with E-state index in [0.29, 0.717) is 13.0 Å². The molecule has 0 bridgehead atoms. The van der Waals surface area contributed by atoms with Crippen molar-refractivity contribution in [3.63, 3.8) is 0 Å². The van der Waals surface area contributed by atoms with Gasteiger partial charge in [0, 0.05) is 31.0 Å². The molecule has 2 aliphatic rings. The summed E-state index contributed by atoms with van der Waals surface area (Å²) >= 11 is 0. The molecule has 0 spiro atoms. The molecule has 1 aromatic rings. The third-order valence-electron chi connectivity index (χ3n) is 4.76. The highest BCUT2D eigenvalue weighted by Crippen LogP contribution is 2.22. The van der Waals surface area contributed by atoms with Crippen molar-refractivity contribution >= 4 is 15.9 Å². The number of carbonyl (C=O) groups excluding carboxylic acids is 1. The average molecular weight is 340 g/mol. The Labute approximate surface area is 136 Å². The molecule has 23 heavy (non-hydrogen) atoms. The Morgan fingerprint density at radius 2 is 2.09 bits per heavy atom. The summed E-state index contributed by atoms with van der Waals surface area (Å²) in [6, 6.07) is 1.84. The summed E-state index contributed by atoms with van der Waals surface area (Å²) in [6.45, 7) is 0.914. The van der Waals surface area contributed by atoms with Gasteiger partial charge in [0.05, 0.1) is 11.7 Å². The van der Waals surface area contributed by atoms with Crippen LogP contribution in [0, 0.1) is 0 Å². The van der Waals surface area contributed by atoms with Crippen LogP contribution in [0.4, 0.5) is 0 Å². The van der Waals surface area contributed by atoms with Gasteiger partial charge in [0.15, 0.2) is 0 Å². The van der Waals surface area contributed by atoms with Gasteiger partial charge in [-0.05, 0) is 31.7 Å². The quantitative estimate of drug-likeness (QED) is 0.829. The van der Waals surface area contributed by atoms with Crippen LogP contribution in [0.15, 0.2) is 12.3 Å². The molecule has 1 atom stereocenters. The zero-order chi connectivity index (χ0) is 16.3. The summed E-state index contributed by atoms with van der Waals surface area (Å²) < 4.78 is 28.0. The number of sulfonamides is 1. The van der Waals surface area contributed by atoms with E-state index in [1.807, 2.05) is 0 Å². The lowest BCUT2D eigenvalue weighted by molar-refractivity contribution is -0.131. The van der Waals surface area contributed by atoms with Gasteiger partial charge in [0.1, 0.15) is 0 Å². The SMILES string of the molecule is O=C(Cc1ccn[nH]1)N1CCC[C@H](S(=O)(=O)NC2CCCC2)C1. The van der Waals surface area contributed by atoms with Crippen LogP contribution in [0.3, 0.4) is 0 Å². The number of piperidine rings is 1. The maximum atomic E-state index is 12.6. The van der Waals surface area contributed by atoms with Crippen LogP contribution in [0.2, 0.25) is 0 Å². The zero-order valence-electron chi connectivity index (χ0n) is 13.2. The van der Waals surface area contributed by atoms with Gasteiger partial charge in [-0.3, -0.25) is 9.89 Å². The number of nitrogens with zero attached hydrogens (tertiary/aromatic N) is 2. The van der Waals surface area contributed by atoms with E-state index in [9.17, 15) is 13.2 Å². The monoisotopic (exact) mass is 340 g/mol. The fraction of sp³-hybridized carbons (Fsp3) is 0.733. The summed E-state index contributed by atoms with van der Waals surface area (Å²) in [5, 5.41) is 6.10. The van der Waals surface area contributed by atoms with E-state index in [1.165, 1.54) is 0 Å². The van der Waals surface area contributed by atoms with Crippen molar-refractivity contribution in [2.75, 3.05) is 13.1 Å². The van der Waals surface area contributed by atoms with Crippen LogP contribution in [0.25, 0.3) is 0 Å². The lowest BCUT2D eigenvalue weighted by Crippen LogP contribution is -2.50. The van der Waals surface area contributed by atoms with Crippen molar-refractivity contribution in [3.8, 4) is 0 Å². The standard InChI is InChI=1S/C15H24N4O3S/c20-15(10-13-7-8-16-17-13)19-9-3-6-14(11-19)23(21,22)18-12-4-1-2-5-12/h7-8,12,14,18H,1-6,9-11H2,(H,16,17)/t14-/m0/s1. The van der Waals surface area contributed by atoms with E-state index >= 15 is 0 Å².